The maximum atomic E-state index is 14.6. The molecule has 3 heterocycles. The van der Waals surface area contributed by atoms with Gasteiger partial charge in [0.05, 0.1) is 17.9 Å². The normalized spacial score (nSPS) is 24.9. The van der Waals surface area contributed by atoms with Gasteiger partial charge in [0.15, 0.2) is 5.69 Å². The fraction of sp³-hybridized carbons (Fsp3) is 0.429. The highest BCUT2D eigenvalue weighted by atomic mass is 19.1. The van der Waals surface area contributed by atoms with Crippen molar-refractivity contribution in [2.75, 3.05) is 11.9 Å². The first-order chi connectivity index (χ1) is 14.4. The molecule has 3 atom stereocenters. The van der Waals surface area contributed by atoms with Crippen LogP contribution < -0.4 is 5.32 Å². The molecule has 0 radical (unpaired) electrons. The third-order valence-electron chi connectivity index (χ3n) is 6.45. The summed E-state index contributed by atoms with van der Waals surface area (Å²) in [4.78, 5) is 27.1. The van der Waals surface area contributed by atoms with E-state index >= 15 is 0 Å². The number of rotatable bonds is 5. The molecule has 0 unspecified atom stereocenters. The van der Waals surface area contributed by atoms with Crippen molar-refractivity contribution < 1.29 is 23.5 Å². The molecular weight excluding hydrogens is 394 g/mol. The van der Waals surface area contributed by atoms with Crippen LogP contribution in [0, 0.1) is 17.0 Å². The lowest BCUT2D eigenvalue weighted by molar-refractivity contribution is 0.0553. The van der Waals surface area contributed by atoms with Gasteiger partial charge in [0.25, 0.3) is 11.8 Å². The van der Waals surface area contributed by atoms with Crippen LogP contribution in [0.2, 0.25) is 0 Å². The van der Waals surface area contributed by atoms with E-state index in [2.05, 4.69) is 15.5 Å². The van der Waals surface area contributed by atoms with E-state index < -0.39 is 28.9 Å². The van der Waals surface area contributed by atoms with Crippen molar-refractivity contribution >= 4 is 17.5 Å². The maximum absolute atomic E-state index is 14.6. The summed E-state index contributed by atoms with van der Waals surface area (Å²) in [6, 6.07) is 4.24. The Balaban J connectivity index is 1.63. The summed E-state index contributed by atoms with van der Waals surface area (Å²) in [6.45, 7) is 1.93. The monoisotopic (exact) mass is 416 g/mol. The quantitative estimate of drug-likeness (QED) is 0.782. The zero-order chi connectivity index (χ0) is 21.5. The Morgan fingerprint density at radius 1 is 1.30 bits per heavy atom. The molecule has 1 aromatic carbocycles. The number of hydrogen-bond acceptors (Lipinski definition) is 5. The number of aliphatic hydroxyl groups is 1. The molecular formula is C21H22F2N4O3. The number of anilines is 1. The summed E-state index contributed by atoms with van der Waals surface area (Å²) >= 11 is 0. The fourth-order valence-corrected chi connectivity index (χ4v) is 4.82. The van der Waals surface area contributed by atoms with Crippen LogP contribution in [-0.2, 0) is 0 Å². The zero-order valence-corrected chi connectivity index (χ0v) is 16.4. The predicted octanol–water partition coefficient (Wildman–Crippen LogP) is 2.77. The third-order valence-corrected chi connectivity index (χ3v) is 6.45. The van der Waals surface area contributed by atoms with Crippen LogP contribution in [0.25, 0.3) is 0 Å². The summed E-state index contributed by atoms with van der Waals surface area (Å²) in [5.74, 6) is -3.27. The average Bonchev–Trinajstić information content (AvgIpc) is 3.32. The molecule has 4 rings (SSSR count). The van der Waals surface area contributed by atoms with Gasteiger partial charge in [0, 0.05) is 29.8 Å². The Kier molecular flexibility index (Phi) is 5.23. The van der Waals surface area contributed by atoms with Crippen LogP contribution in [0.4, 0.5) is 14.5 Å². The first kappa shape index (κ1) is 20.3. The first-order valence-electron chi connectivity index (χ1n) is 9.92. The van der Waals surface area contributed by atoms with E-state index in [0.29, 0.717) is 18.9 Å². The van der Waals surface area contributed by atoms with Crippen LogP contribution in [0.15, 0.2) is 30.5 Å². The Labute approximate surface area is 172 Å². The maximum Gasteiger partial charge on any atom is 0.276 e. The molecule has 2 aliphatic rings. The van der Waals surface area contributed by atoms with E-state index in [1.165, 1.54) is 18.3 Å². The summed E-state index contributed by atoms with van der Waals surface area (Å²) in [6.07, 6.45) is 4.29. The van der Waals surface area contributed by atoms with Crippen LogP contribution in [-0.4, -0.2) is 50.7 Å². The SMILES string of the molecule is CC[C@]1(CO)C[C@H]2CC[C@@H]1N2C(=O)c1cc(NC(=O)c2cccnn2)c(F)cc1F. The molecule has 2 bridgehead atoms. The number of nitrogens with zero attached hydrogens (tertiary/aromatic N) is 3. The van der Waals surface area contributed by atoms with E-state index in [0.717, 1.165) is 18.9 Å². The van der Waals surface area contributed by atoms with E-state index in [9.17, 15) is 23.5 Å². The van der Waals surface area contributed by atoms with Crippen LogP contribution in [0.5, 0.6) is 0 Å². The Morgan fingerprint density at radius 3 is 2.73 bits per heavy atom. The highest BCUT2D eigenvalue weighted by Gasteiger charge is 2.56. The molecule has 7 nitrogen and oxygen atoms in total. The Morgan fingerprint density at radius 2 is 2.10 bits per heavy atom. The van der Waals surface area contributed by atoms with E-state index in [1.54, 1.807) is 4.90 Å². The van der Waals surface area contributed by atoms with Gasteiger partial charge in [-0.1, -0.05) is 6.92 Å². The minimum absolute atomic E-state index is 0.0395. The van der Waals surface area contributed by atoms with Gasteiger partial charge in [-0.2, -0.15) is 5.10 Å². The minimum Gasteiger partial charge on any atom is -0.396 e. The number of halogens is 2. The molecule has 0 spiro atoms. The smallest absolute Gasteiger partial charge is 0.276 e. The van der Waals surface area contributed by atoms with Gasteiger partial charge in [-0.25, -0.2) is 8.78 Å². The number of hydrogen-bond donors (Lipinski definition) is 2. The van der Waals surface area contributed by atoms with Crippen LogP contribution in [0.3, 0.4) is 0 Å². The number of fused-ring (bicyclic) bond motifs is 2. The molecule has 30 heavy (non-hydrogen) atoms. The predicted molar refractivity (Wildman–Crippen MR) is 104 cm³/mol. The van der Waals surface area contributed by atoms with E-state index in [-0.39, 0.29) is 35.6 Å². The fourth-order valence-electron chi connectivity index (χ4n) is 4.82. The van der Waals surface area contributed by atoms with Gasteiger partial charge < -0.3 is 15.3 Å². The van der Waals surface area contributed by atoms with Gasteiger partial charge in [0.1, 0.15) is 11.6 Å². The summed E-state index contributed by atoms with van der Waals surface area (Å²) in [5, 5.41) is 19.5. The van der Waals surface area contributed by atoms with Crippen molar-refractivity contribution in [3.8, 4) is 0 Å². The van der Waals surface area contributed by atoms with Gasteiger partial charge in [-0.05, 0) is 43.9 Å². The highest BCUT2D eigenvalue weighted by molar-refractivity contribution is 6.04. The lowest BCUT2D eigenvalue weighted by atomic mass is 9.72. The molecule has 2 N–H and O–H groups in total. The summed E-state index contributed by atoms with van der Waals surface area (Å²) in [7, 11) is 0. The van der Waals surface area contributed by atoms with Gasteiger partial charge in [-0.15, -0.1) is 5.10 Å². The average molecular weight is 416 g/mol. The molecule has 0 aliphatic carbocycles. The van der Waals surface area contributed by atoms with Crippen molar-refractivity contribution in [1.82, 2.24) is 15.1 Å². The van der Waals surface area contributed by atoms with Gasteiger partial charge >= 0.3 is 0 Å². The van der Waals surface area contributed by atoms with Crippen LogP contribution in [0.1, 0.15) is 53.5 Å². The van der Waals surface area contributed by atoms with Crippen molar-refractivity contribution in [3.05, 3.63) is 53.4 Å². The van der Waals surface area contributed by atoms with E-state index in [1.807, 2.05) is 6.92 Å². The molecule has 2 saturated heterocycles. The molecule has 2 aromatic rings. The number of aliphatic hydroxyl groups excluding tert-OH is 1. The number of aromatic nitrogens is 2. The van der Waals surface area contributed by atoms with Gasteiger partial charge in [0.2, 0.25) is 0 Å². The molecule has 2 aliphatic heterocycles. The highest BCUT2D eigenvalue weighted by Crippen LogP contribution is 2.52. The third kappa shape index (κ3) is 3.23. The molecule has 0 saturated carbocycles. The Bertz CT molecular complexity index is 982. The van der Waals surface area contributed by atoms with Crippen molar-refractivity contribution in [2.45, 2.75) is 44.7 Å². The second kappa shape index (κ2) is 7.71. The molecule has 9 heteroatoms. The largest absolute Gasteiger partial charge is 0.396 e. The first-order valence-corrected chi connectivity index (χ1v) is 9.92. The number of carbonyl (C=O) groups excluding carboxylic acids is 2. The lowest BCUT2D eigenvalue weighted by Gasteiger charge is -2.34. The summed E-state index contributed by atoms with van der Waals surface area (Å²) < 4.78 is 28.9. The lowest BCUT2D eigenvalue weighted by Crippen LogP contribution is -2.42. The Hall–Kier alpha value is -2.94. The molecule has 1 aromatic heterocycles. The second-order valence-corrected chi connectivity index (χ2v) is 7.91. The van der Waals surface area contributed by atoms with Crippen molar-refractivity contribution in [3.63, 3.8) is 0 Å². The molecule has 2 amide bonds. The number of nitrogens with one attached hydrogen (secondary N) is 1. The second-order valence-electron chi connectivity index (χ2n) is 7.91. The minimum atomic E-state index is -0.996. The van der Waals surface area contributed by atoms with Crippen molar-refractivity contribution in [1.29, 1.82) is 0 Å². The molecule has 158 valence electrons. The van der Waals surface area contributed by atoms with Crippen LogP contribution >= 0.6 is 0 Å². The summed E-state index contributed by atoms with van der Waals surface area (Å²) in [5.41, 5.74) is -1.06. The zero-order valence-electron chi connectivity index (χ0n) is 16.4. The standard InChI is InChI=1S/C21H22F2N4O3/c1-2-21(11-28)10-12-5-6-18(21)27(12)20(30)13-8-17(15(23)9-14(13)22)25-19(29)16-4-3-7-24-26-16/h3-4,7-9,12,18,28H,2,5-6,10-11H2,1H3,(H,25,29)/t12-,18+,21-/m1/s1. The molecule has 2 fully saturated rings. The number of carbonyl (C=O) groups is 2. The van der Waals surface area contributed by atoms with Gasteiger partial charge in [-0.3, -0.25) is 9.59 Å². The number of amides is 2. The van der Waals surface area contributed by atoms with Crippen molar-refractivity contribution in [2.24, 2.45) is 5.41 Å². The van der Waals surface area contributed by atoms with E-state index in [4.69, 9.17) is 0 Å². The number of benzene rings is 1. The topological polar surface area (TPSA) is 95.4 Å².